The maximum Gasteiger partial charge on any atom is 0.321 e. The summed E-state index contributed by atoms with van der Waals surface area (Å²) in [5, 5.41) is 14.0. The molecule has 1 aliphatic heterocycles. The highest BCUT2D eigenvalue weighted by Gasteiger charge is 2.19. The molecule has 0 spiro atoms. The topological polar surface area (TPSA) is 92.1 Å². The van der Waals surface area contributed by atoms with Gasteiger partial charge in [0, 0.05) is 25.3 Å². The van der Waals surface area contributed by atoms with Gasteiger partial charge in [-0.3, -0.25) is 4.79 Å². The number of nitrogens with one attached hydrogen (secondary N) is 2. The number of benzene rings is 2. The highest BCUT2D eigenvalue weighted by molar-refractivity contribution is 5.93. The molecule has 2 N–H and O–H groups in total. The van der Waals surface area contributed by atoms with E-state index in [1.54, 1.807) is 4.68 Å². The fourth-order valence-corrected chi connectivity index (χ4v) is 3.69. The highest BCUT2D eigenvalue weighted by Crippen LogP contribution is 2.16. The molecule has 0 radical (unpaired) electrons. The number of rotatable bonds is 5. The summed E-state index contributed by atoms with van der Waals surface area (Å²) in [6.07, 6.45) is 2.10. The molecule has 0 unspecified atom stereocenters. The van der Waals surface area contributed by atoms with E-state index in [2.05, 4.69) is 20.9 Å². The van der Waals surface area contributed by atoms with E-state index in [-0.39, 0.29) is 11.9 Å². The first kappa shape index (κ1) is 20.6. The van der Waals surface area contributed by atoms with E-state index < -0.39 is 0 Å². The van der Waals surface area contributed by atoms with Crippen molar-refractivity contribution >= 4 is 17.6 Å². The van der Waals surface area contributed by atoms with E-state index in [1.807, 2.05) is 67.3 Å². The number of aryl methyl sites for hydroxylation is 1. The summed E-state index contributed by atoms with van der Waals surface area (Å²) in [7, 11) is 0. The Bertz CT molecular complexity index is 1100. The molecule has 1 saturated heterocycles. The van der Waals surface area contributed by atoms with E-state index in [9.17, 15) is 9.59 Å². The van der Waals surface area contributed by atoms with Crippen molar-refractivity contribution in [1.29, 1.82) is 0 Å². The fraction of sp³-hybridized carbons (Fsp3) is 0.304. The highest BCUT2D eigenvalue weighted by atomic mass is 16.2. The SMILES string of the molecule is Cc1cccc(-n2nnc(C(=O)NCc3cccc(NC(=O)N4CCCC4)c3)c2C)c1. The zero-order valence-electron chi connectivity index (χ0n) is 17.8. The van der Waals surface area contributed by atoms with Crippen LogP contribution in [0.3, 0.4) is 0 Å². The molecule has 0 bridgehead atoms. The van der Waals surface area contributed by atoms with E-state index >= 15 is 0 Å². The van der Waals surface area contributed by atoms with Crippen molar-refractivity contribution < 1.29 is 9.59 Å². The number of hydrogen-bond donors (Lipinski definition) is 2. The second kappa shape index (κ2) is 8.99. The van der Waals surface area contributed by atoms with Crippen LogP contribution in [0.1, 0.15) is 40.2 Å². The molecule has 8 heteroatoms. The molecule has 1 fully saturated rings. The van der Waals surface area contributed by atoms with Gasteiger partial charge >= 0.3 is 6.03 Å². The zero-order valence-corrected chi connectivity index (χ0v) is 17.8. The van der Waals surface area contributed by atoms with Gasteiger partial charge in [-0.25, -0.2) is 9.48 Å². The van der Waals surface area contributed by atoms with Gasteiger partial charge in [0.25, 0.3) is 5.91 Å². The molecule has 0 aliphatic carbocycles. The van der Waals surface area contributed by atoms with Gasteiger partial charge in [0.15, 0.2) is 5.69 Å². The summed E-state index contributed by atoms with van der Waals surface area (Å²) in [6.45, 7) is 5.74. The summed E-state index contributed by atoms with van der Waals surface area (Å²) >= 11 is 0. The third-order valence-electron chi connectivity index (χ3n) is 5.38. The molecule has 160 valence electrons. The number of hydrogen-bond acceptors (Lipinski definition) is 4. The van der Waals surface area contributed by atoms with Gasteiger partial charge in [0.2, 0.25) is 0 Å². The second-order valence-corrected chi connectivity index (χ2v) is 7.78. The molecular weight excluding hydrogens is 392 g/mol. The Labute approximate surface area is 181 Å². The number of likely N-dealkylation sites (tertiary alicyclic amines) is 1. The smallest absolute Gasteiger partial charge is 0.321 e. The van der Waals surface area contributed by atoms with Crippen molar-refractivity contribution in [1.82, 2.24) is 25.2 Å². The lowest BCUT2D eigenvalue weighted by molar-refractivity contribution is 0.0945. The molecule has 0 atom stereocenters. The predicted octanol–water partition coefficient (Wildman–Crippen LogP) is 3.44. The minimum Gasteiger partial charge on any atom is -0.347 e. The molecule has 3 aromatic rings. The van der Waals surface area contributed by atoms with Gasteiger partial charge in [0.1, 0.15) is 0 Å². The Morgan fingerprint density at radius 2 is 1.81 bits per heavy atom. The van der Waals surface area contributed by atoms with E-state index in [0.717, 1.165) is 42.7 Å². The van der Waals surface area contributed by atoms with E-state index in [1.165, 1.54) is 0 Å². The first-order valence-electron chi connectivity index (χ1n) is 10.4. The lowest BCUT2D eigenvalue weighted by Crippen LogP contribution is -2.32. The van der Waals surface area contributed by atoms with Gasteiger partial charge in [-0.1, -0.05) is 29.5 Å². The maximum absolute atomic E-state index is 12.7. The Hall–Kier alpha value is -3.68. The molecule has 1 aliphatic rings. The summed E-state index contributed by atoms with van der Waals surface area (Å²) in [6, 6.07) is 15.3. The monoisotopic (exact) mass is 418 g/mol. The average molecular weight is 419 g/mol. The van der Waals surface area contributed by atoms with Gasteiger partial charge in [-0.15, -0.1) is 5.10 Å². The molecule has 31 heavy (non-hydrogen) atoms. The van der Waals surface area contributed by atoms with Gasteiger partial charge < -0.3 is 15.5 Å². The summed E-state index contributed by atoms with van der Waals surface area (Å²) < 4.78 is 1.66. The standard InChI is InChI=1S/C23H26N6O2/c1-16-7-5-10-20(13-16)29-17(2)21(26-27-29)22(30)24-15-18-8-6-9-19(14-18)25-23(31)28-11-3-4-12-28/h5-10,13-14H,3-4,11-12,15H2,1-2H3,(H,24,30)(H,25,31). The van der Waals surface area contributed by atoms with Crippen LogP contribution in [-0.2, 0) is 6.54 Å². The van der Waals surface area contributed by atoms with Gasteiger partial charge in [0.05, 0.1) is 11.4 Å². The van der Waals surface area contributed by atoms with Crippen LogP contribution in [0.15, 0.2) is 48.5 Å². The normalized spacial score (nSPS) is 13.3. The Morgan fingerprint density at radius 1 is 1.03 bits per heavy atom. The van der Waals surface area contributed by atoms with Gasteiger partial charge in [-0.05, 0) is 62.1 Å². The molecule has 4 rings (SSSR count). The minimum absolute atomic E-state index is 0.0814. The quantitative estimate of drug-likeness (QED) is 0.664. The van der Waals surface area contributed by atoms with Crippen LogP contribution in [-0.4, -0.2) is 44.9 Å². The van der Waals surface area contributed by atoms with Crippen molar-refractivity contribution in [3.63, 3.8) is 0 Å². The number of carbonyl (C=O) groups excluding carboxylic acids is 2. The van der Waals surface area contributed by atoms with Crippen molar-refractivity contribution in [3.8, 4) is 5.69 Å². The van der Waals surface area contributed by atoms with E-state index in [0.29, 0.717) is 23.6 Å². The van der Waals surface area contributed by atoms with E-state index in [4.69, 9.17) is 0 Å². The lowest BCUT2D eigenvalue weighted by atomic mass is 10.2. The Kier molecular flexibility index (Phi) is 5.97. The number of nitrogens with zero attached hydrogens (tertiary/aromatic N) is 4. The molecular formula is C23H26N6O2. The minimum atomic E-state index is -0.289. The average Bonchev–Trinajstić information content (AvgIpc) is 3.42. The van der Waals surface area contributed by atoms with Crippen LogP contribution in [0.4, 0.5) is 10.5 Å². The van der Waals surface area contributed by atoms with Crippen molar-refractivity contribution in [3.05, 3.63) is 71.0 Å². The number of anilines is 1. The van der Waals surface area contributed by atoms with Crippen molar-refractivity contribution in [2.24, 2.45) is 0 Å². The van der Waals surface area contributed by atoms with Crippen LogP contribution in [0, 0.1) is 13.8 Å². The number of aromatic nitrogens is 3. The summed E-state index contributed by atoms with van der Waals surface area (Å²) in [5.74, 6) is -0.289. The van der Waals surface area contributed by atoms with Crippen molar-refractivity contribution in [2.45, 2.75) is 33.2 Å². The van der Waals surface area contributed by atoms with Crippen LogP contribution in [0.5, 0.6) is 0 Å². The third-order valence-corrected chi connectivity index (χ3v) is 5.38. The number of amides is 3. The van der Waals surface area contributed by atoms with Crippen LogP contribution >= 0.6 is 0 Å². The van der Waals surface area contributed by atoms with Gasteiger partial charge in [-0.2, -0.15) is 0 Å². The molecule has 3 amide bonds. The summed E-state index contributed by atoms with van der Waals surface area (Å²) in [4.78, 5) is 26.8. The molecule has 8 nitrogen and oxygen atoms in total. The first-order valence-corrected chi connectivity index (χ1v) is 10.4. The Morgan fingerprint density at radius 3 is 2.58 bits per heavy atom. The third kappa shape index (κ3) is 4.74. The number of carbonyl (C=O) groups is 2. The van der Waals surface area contributed by atoms with Crippen LogP contribution in [0.25, 0.3) is 5.69 Å². The van der Waals surface area contributed by atoms with Crippen LogP contribution in [0.2, 0.25) is 0 Å². The Balaban J connectivity index is 1.39. The largest absolute Gasteiger partial charge is 0.347 e. The maximum atomic E-state index is 12.7. The molecule has 1 aromatic heterocycles. The zero-order chi connectivity index (χ0) is 21.8. The predicted molar refractivity (Wildman–Crippen MR) is 118 cm³/mol. The molecule has 2 heterocycles. The molecule has 0 saturated carbocycles. The second-order valence-electron chi connectivity index (χ2n) is 7.78. The van der Waals surface area contributed by atoms with Crippen molar-refractivity contribution in [2.75, 3.05) is 18.4 Å². The van der Waals surface area contributed by atoms with Crippen LogP contribution < -0.4 is 10.6 Å². The summed E-state index contributed by atoms with van der Waals surface area (Å²) in [5.41, 5.74) is 4.54. The fourth-order valence-electron chi connectivity index (χ4n) is 3.69. The number of urea groups is 1. The first-order chi connectivity index (χ1) is 15.0. The molecule has 2 aromatic carbocycles. The lowest BCUT2D eigenvalue weighted by Gasteiger charge is -2.16.